The molecule has 3 nitrogen and oxygen atoms in total. The van der Waals surface area contributed by atoms with E-state index in [4.69, 9.17) is 10.8 Å². The van der Waals surface area contributed by atoms with Gasteiger partial charge in [0.2, 0.25) is 0 Å². The van der Waals surface area contributed by atoms with Gasteiger partial charge < -0.3 is 15.6 Å². The van der Waals surface area contributed by atoms with Gasteiger partial charge >= 0.3 is 0 Å². The van der Waals surface area contributed by atoms with E-state index in [0.717, 1.165) is 5.56 Å². The van der Waals surface area contributed by atoms with Crippen molar-refractivity contribution in [1.82, 2.24) is 0 Å². The molecule has 0 aliphatic heterocycles. The summed E-state index contributed by atoms with van der Waals surface area (Å²) in [6.07, 6.45) is 0.412. The second kappa shape index (κ2) is 9.94. The topological polar surface area (TPSA) is 61.1 Å². The molecule has 1 aromatic carbocycles. The van der Waals surface area contributed by atoms with Crippen molar-refractivity contribution in [2.45, 2.75) is 33.2 Å². The number of Topliss-reactive ketones (excluding diaryl/α,β-unsaturated/α-hetero) is 1. The van der Waals surface area contributed by atoms with Crippen LogP contribution in [-0.2, 0) is 43.9 Å². The largest absolute Gasteiger partial charge is 0.668 e. The smallest absolute Gasteiger partial charge is 0.115 e. The number of hydrogen-bond donors (Lipinski definition) is 1. The SMILES string of the molecule is CC.CC(=O)C([NH-])Cc1ccc(O)cc1.[Y]. The van der Waals surface area contributed by atoms with Crippen LogP contribution in [0.25, 0.3) is 5.73 Å². The fraction of sp³-hybridized carbons (Fsp3) is 0.417. The fourth-order valence-electron chi connectivity index (χ4n) is 1.01. The summed E-state index contributed by atoms with van der Waals surface area (Å²) in [7, 11) is 0. The Balaban J connectivity index is 0. The summed E-state index contributed by atoms with van der Waals surface area (Å²) >= 11 is 0. The second-order valence-corrected chi connectivity index (χ2v) is 3.03. The van der Waals surface area contributed by atoms with Crippen LogP contribution in [0.2, 0.25) is 0 Å². The number of aromatic hydroxyl groups is 1. The molecule has 16 heavy (non-hydrogen) atoms. The van der Waals surface area contributed by atoms with E-state index in [1.165, 1.54) is 6.92 Å². The van der Waals surface area contributed by atoms with Gasteiger partial charge in [0, 0.05) is 32.7 Å². The van der Waals surface area contributed by atoms with Gasteiger partial charge in [-0.25, -0.2) is 0 Å². The monoisotopic (exact) mass is 297 g/mol. The Morgan fingerprint density at radius 2 is 1.75 bits per heavy atom. The molecule has 0 saturated heterocycles. The first-order valence-electron chi connectivity index (χ1n) is 5.09. The van der Waals surface area contributed by atoms with E-state index in [1.807, 2.05) is 13.8 Å². The van der Waals surface area contributed by atoms with E-state index in [0.29, 0.717) is 6.42 Å². The first-order chi connectivity index (χ1) is 7.09. The molecule has 4 heteroatoms. The Bertz CT molecular complexity index is 298. The van der Waals surface area contributed by atoms with Gasteiger partial charge in [-0.05, 0) is 31.0 Å². The third kappa shape index (κ3) is 7.10. The molecule has 0 fully saturated rings. The molecule has 0 aliphatic carbocycles. The fourth-order valence-corrected chi connectivity index (χ4v) is 1.01. The molecule has 1 atom stereocenters. The molecular formula is C12H18NO2Y-. The molecule has 1 unspecified atom stereocenters. The van der Waals surface area contributed by atoms with Crippen molar-refractivity contribution in [3.63, 3.8) is 0 Å². The second-order valence-electron chi connectivity index (χ2n) is 3.03. The zero-order chi connectivity index (χ0) is 11.8. The summed E-state index contributed by atoms with van der Waals surface area (Å²) in [5.41, 5.74) is 8.30. The van der Waals surface area contributed by atoms with Gasteiger partial charge in [-0.1, -0.05) is 32.0 Å². The maximum atomic E-state index is 10.8. The summed E-state index contributed by atoms with van der Waals surface area (Å²) < 4.78 is 0. The number of carbonyl (C=O) groups is 1. The number of phenols is 1. The van der Waals surface area contributed by atoms with Crippen LogP contribution in [0.3, 0.4) is 0 Å². The van der Waals surface area contributed by atoms with Crippen LogP contribution < -0.4 is 0 Å². The molecule has 1 radical (unpaired) electrons. The average molecular weight is 297 g/mol. The molecule has 1 rings (SSSR count). The van der Waals surface area contributed by atoms with Crippen molar-refractivity contribution < 1.29 is 42.6 Å². The van der Waals surface area contributed by atoms with Crippen LogP contribution in [-0.4, -0.2) is 16.9 Å². The number of phenolic OH excluding ortho intramolecular Hbond substituents is 1. The van der Waals surface area contributed by atoms with Gasteiger partial charge in [-0.2, -0.15) is 0 Å². The van der Waals surface area contributed by atoms with Crippen molar-refractivity contribution in [2.24, 2.45) is 0 Å². The van der Waals surface area contributed by atoms with Crippen molar-refractivity contribution in [2.75, 3.05) is 0 Å². The van der Waals surface area contributed by atoms with E-state index >= 15 is 0 Å². The number of nitrogens with one attached hydrogen (secondary N) is 1. The minimum absolute atomic E-state index is 0. The van der Waals surface area contributed by atoms with Gasteiger partial charge in [0.25, 0.3) is 0 Å². The van der Waals surface area contributed by atoms with Crippen LogP contribution in [0, 0.1) is 0 Å². The summed E-state index contributed by atoms with van der Waals surface area (Å²) in [5.74, 6) is 0.0705. The maximum Gasteiger partial charge on any atom is 0.115 e. The molecule has 2 N–H and O–H groups in total. The molecule has 1 aromatic rings. The van der Waals surface area contributed by atoms with Gasteiger partial charge in [0.05, 0.1) is 0 Å². The van der Waals surface area contributed by atoms with Crippen LogP contribution in [0.5, 0.6) is 5.75 Å². The van der Waals surface area contributed by atoms with Crippen LogP contribution >= 0.6 is 0 Å². The minimum Gasteiger partial charge on any atom is -0.668 e. The Morgan fingerprint density at radius 3 is 2.12 bits per heavy atom. The first kappa shape index (κ1) is 18.1. The normalized spacial score (nSPS) is 10.5. The van der Waals surface area contributed by atoms with Crippen LogP contribution in [0.4, 0.5) is 0 Å². The van der Waals surface area contributed by atoms with Crippen molar-refractivity contribution >= 4 is 5.78 Å². The summed E-state index contributed by atoms with van der Waals surface area (Å²) in [4.78, 5) is 10.8. The van der Waals surface area contributed by atoms with E-state index in [1.54, 1.807) is 24.3 Å². The Hall–Kier alpha value is -0.246. The summed E-state index contributed by atoms with van der Waals surface area (Å²) in [5, 5.41) is 8.99. The molecule has 0 bridgehead atoms. The Labute approximate surface area is 122 Å². The zero-order valence-electron chi connectivity index (χ0n) is 10.0. The van der Waals surface area contributed by atoms with Gasteiger partial charge in [0.1, 0.15) is 11.5 Å². The average Bonchev–Trinajstić information content (AvgIpc) is 2.24. The van der Waals surface area contributed by atoms with Gasteiger partial charge in [-0.3, -0.25) is 0 Å². The predicted octanol–water partition coefficient (Wildman–Crippen LogP) is 2.97. The third-order valence-corrected chi connectivity index (χ3v) is 1.87. The number of hydrogen-bond acceptors (Lipinski definition) is 2. The van der Waals surface area contributed by atoms with Gasteiger partial charge in [0.15, 0.2) is 0 Å². The minimum atomic E-state index is -0.690. The molecule has 0 heterocycles. The van der Waals surface area contributed by atoms with Gasteiger partial charge in [-0.15, -0.1) is 0 Å². The van der Waals surface area contributed by atoms with E-state index in [-0.39, 0.29) is 44.2 Å². The summed E-state index contributed by atoms with van der Waals surface area (Å²) in [6, 6.07) is 5.87. The predicted molar refractivity (Wildman–Crippen MR) is 61.9 cm³/mol. The molecule has 0 aromatic heterocycles. The molecule has 0 saturated carbocycles. The van der Waals surface area contributed by atoms with E-state index < -0.39 is 6.04 Å². The Morgan fingerprint density at radius 1 is 1.31 bits per heavy atom. The third-order valence-electron chi connectivity index (χ3n) is 1.87. The zero-order valence-corrected chi connectivity index (χ0v) is 12.9. The van der Waals surface area contributed by atoms with Crippen LogP contribution in [0.1, 0.15) is 26.3 Å². The van der Waals surface area contributed by atoms with Crippen molar-refractivity contribution in [1.29, 1.82) is 0 Å². The molecule has 87 valence electrons. The van der Waals surface area contributed by atoms with Crippen LogP contribution in [0.15, 0.2) is 24.3 Å². The number of carbonyl (C=O) groups excluding carboxylic acids is 1. The number of rotatable bonds is 3. The summed E-state index contributed by atoms with van der Waals surface area (Å²) in [6.45, 7) is 5.41. The molecular weight excluding hydrogens is 279 g/mol. The molecule has 0 amide bonds. The number of ketones is 1. The first-order valence-corrected chi connectivity index (χ1v) is 5.09. The standard InChI is InChI=1S/C10H12NO2.C2H6.Y/c1-7(12)10(11)6-8-2-4-9(13)5-3-8;1-2;/h2-5,10-11,13H,6H2,1H3;1-2H3;/q-1;;. The quantitative estimate of drug-likeness (QED) is 0.932. The number of benzene rings is 1. The molecule has 0 spiro atoms. The van der Waals surface area contributed by atoms with E-state index in [2.05, 4.69) is 0 Å². The molecule has 0 aliphatic rings. The Kier molecular flexibility index (Phi) is 11.3. The van der Waals surface area contributed by atoms with E-state index in [9.17, 15) is 4.79 Å². The van der Waals surface area contributed by atoms with Crippen molar-refractivity contribution in [3.05, 3.63) is 35.6 Å². The maximum absolute atomic E-state index is 10.8. The van der Waals surface area contributed by atoms with Crippen molar-refractivity contribution in [3.8, 4) is 5.75 Å².